The summed E-state index contributed by atoms with van der Waals surface area (Å²) in [6.45, 7) is 2.34. The second-order valence-electron chi connectivity index (χ2n) is 8.18. The van der Waals surface area contributed by atoms with Gasteiger partial charge in [0.2, 0.25) is 0 Å². The van der Waals surface area contributed by atoms with Crippen LogP contribution in [0.15, 0.2) is 57.8 Å². The first kappa shape index (κ1) is 19.8. The zero-order chi connectivity index (χ0) is 21.5. The van der Waals surface area contributed by atoms with Gasteiger partial charge in [0.1, 0.15) is 16.7 Å². The summed E-state index contributed by atoms with van der Waals surface area (Å²) in [7, 11) is 0. The van der Waals surface area contributed by atoms with Crippen LogP contribution in [0.5, 0.6) is 0 Å². The smallest absolute Gasteiger partial charge is 0.264 e. The summed E-state index contributed by atoms with van der Waals surface area (Å²) in [5, 5.41) is 8.93. The lowest BCUT2D eigenvalue weighted by molar-refractivity contribution is 0.0947. The minimum atomic E-state index is -0.0949. The number of nitrogens with one attached hydrogen (secondary N) is 1. The quantitative estimate of drug-likeness (QED) is 0.495. The maximum atomic E-state index is 13.4. The van der Waals surface area contributed by atoms with Gasteiger partial charge in [0.05, 0.1) is 10.5 Å². The van der Waals surface area contributed by atoms with Crippen molar-refractivity contribution in [3.63, 3.8) is 0 Å². The largest absolute Gasteiger partial charge is 0.360 e. The van der Waals surface area contributed by atoms with Crippen molar-refractivity contribution in [1.29, 1.82) is 0 Å². The number of carbonyl (C=O) groups excluding carboxylic acids is 1. The van der Waals surface area contributed by atoms with E-state index in [1.807, 2.05) is 34.9 Å². The Morgan fingerprint density at radius 1 is 1.16 bits per heavy atom. The van der Waals surface area contributed by atoms with E-state index in [-0.39, 0.29) is 17.5 Å². The Morgan fingerprint density at radius 3 is 2.77 bits per heavy atom. The minimum Gasteiger partial charge on any atom is -0.360 e. The number of pyridine rings is 1. The van der Waals surface area contributed by atoms with Gasteiger partial charge in [-0.25, -0.2) is 0 Å². The summed E-state index contributed by atoms with van der Waals surface area (Å²) < 4.78 is 7.19. The number of halogens is 1. The van der Waals surface area contributed by atoms with Gasteiger partial charge in [-0.15, -0.1) is 0 Å². The van der Waals surface area contributed by atoms with Crippen LogP contribution in [0, 0.1) is 12.8 Å². The van der Waals surface area contributed by atoms with Crippen molar-refractivity contribution in [3.8, 4) is 0 Å². The zero-order valence-corrected chi connectivity index (χ0v) is 17.9. The number of aromatic nitrogens is 2. The average molecular weight is 436 g/mol. The molecule has 0 bridgehead atoms. The molecular formula is C24H22ClN3O3. The maximum absolute atomic E-state index is 13.4. The van der Waals surface area contributed by atoms with Crippen LogP contribution in [0.1, 0.15) is 41.4 Å². The molecule has 1 amide bonds. The third-order valence-corrected chi connectivity index (χ3v) is 6.56. The molecule has 0 aliphatic heterocycles. The Kier molecular flexibility index (Phi) is 5.02. The standard InChI is InChI=1S/C24H22ClN3O3/c1-14-20-22(27-31-14)21-18(25)8-5-9-19(21)28(24(20)30)17-11-10-15(12-17)13-26-23(29)16-6-3-2-4-7-16/h2-9,15,17H,10-13H2,1H3,(H,26,29). The van der Waals surface area contributed by atoms with Crippen molar-refractivity contribution >= 4 is 39.3 Å². The molecule has 2 aromatic heterocycles. The summed E-state index contributed by atoms with van der Waals surface area (Å²) in [5.41, 5.74) is 1.85. The van der Waals surface area contributed by atoms with Crippen molar-refractivity contribution in [3.05, 3.63) is 75.2 Å². The zero-order valence-electron chi connectivity index (χ0n) is 17.1. The molecule has 31 heavy (non-hydrogen) atoms. The lowest BCUT2D eigenvalue weighted by atomic mass is 10.1. The second-order valence-corrected chi connectivity index (χ2v) is 8.59. The van der Waals surface area contributed by atoms with E-state index in [0.717, 1.165) is 30.2 Å². The highest BCUT2D eigenvalue weighted by molar-refractivity contribution is 6.37. The second kappa shape index (κ2) is 7.85. The van der Waals surface area contributed by atoms with Crippen molar-refractivity contribution in [2.75, 3.05) is 6.54 Å². The van der Waals surface area contributed by atoms with Gasteiger partial charge < -0.3 is 14.4 Å². The number of hydrogen-bond donors (Lipinski definition) is 1. The SMILES string of the molecule is Cc1onc2c1c(=O)n(C1CCC(CNC(=O)c3ccccc3)C1)c1cccc(Cl)c21. The molecule has 2 aromatic carbocycles. The van der Waals surface area contributed by atoms with E-state index < -0.39 is 0 Å². The molecule has 2 heterocycles. The van der Waals surface area contributed by atoms with Gasteiger partial charge in [0, 0.05) is 23.5 Å². The molecule has 1 saturated carbocycles. The third-order valence-electron chi connectivity index (χ3n) is 6.25. The molecule has 1 N–H and O–H groups in total. The maximum Gasteiger partial charge on any atom is 0.264 e. The molecule has 0 spiro atoms. The van der Waals surface area contributed by atoms with Gasteiger partial charge >= 0.3 is 0 Å². The molecular weight excluding hydrogens is 414 g/mol. The molecule has 158 valence electrons. The lowest BCUT2D eigenvalue weighted by Gasteiger charge is -2.19. The van der Waals surface area contributed by atoms with Crippen LogP contribution >= 0.6 is 11.6 Å². The van der Waals surface area contributed by atoms with E-state index in [1.54, 1.807) is 25.1 Å². The summed E-state index contributed by atoms with van der Waals surface area (Å²) in [6, 6.07) is 14.8. The average Bonchev–Trinajstić information content (AvgIpc) is 3.40. The highest BCUT2D eigenvalue weighted by Crippen LogP contribution is 2.38. The van der Waals surface area contributed by atoms with E-state index >= 15 is 0 Å². The Morgan fingerprint density at radius 2 is 1.97 bits per heavy atom. The highest BCUT2D eigenvalue weighted by Gasteiger charge is 2.30. The normalized spacial score (nSPS) is 18.6. The number of aryl methyl sites for hydroxylation is 1. The first-order valence-electron chi connectivity index (χ1n) is 10.5. The molecule has 2 atom stereocenters. The first-order chi connectivity index (χ1) is 15.0. The molecule has 5 rings (SSSR count). The van der Waals surface area contributed by atoms with Crippen LogP contribution in [0.4, 0.5) is 0 Å². The Labute approximate surface area is 183 Å². The van der Waals surface area contributed by atoms with Crippen LogP contribution in [0.3, 0.4) is 0 Å². The highest BCUT2D eigenvalue weighted by atomic mass is 35.5. The predicted octanol–water partition coefficient (Wildman–Crippen LogP) is 4.88. The van der Waals surface area contributed by atoms with Crippen molar-refractivity contribution < 1.29 is 9.32 Å². The van der Waals surface area contributed by atoms with E-state index in [2.05, 4.69) is 10.5 Å². The molecule has 0 radical (unpaired) electrons. The third kappa shape index (κ3) is 3.41. The summed E-state index contributed by atoms with van der Waals surface area (Å²) >= 11 is 6.50. The van der Waals surface area contributed by atoms with Crippen molar-refractivity contribution in [1.82, 2.24) is 15.0 Å². The fourth-order valence-electron chi connectivity index (χ4n) is 4.73. The monoisotopic (exact) mass is 435 g/mol. The fourth-order valence-corrected chi connectivity index (χ4v) is 4.99. The lowest BCUT2D eigenvalue weighted by Crippen LogP contribution is -2.29. The predicted molar refractivity (Wildman–Crippen MR) is 121 cm³/mol. The van der Waals surface area contributed by atoms with Gasteiger partial charge in [-0.1, -0.05) is 41.0 Å². The molecule has 2 unspecified atom stereocenters. The van der Waals surface area contributed by atoms with Crippen molar-refractivity contribution in [2.45, 2.75) is 32.2 Å². The molecule has 0 saturated heterocycles. The van der Waals surface area contributed by atoms with E-state index in [4.69, 9.17) is 16.1 Å². The minimum absolute atomic E-state index is 0.0331. The Hall–Kier alpha value is -3.12. The number of benzene rings is 2. The van der Waals surface area contributed by atoms with E-state index in [0.29, 0.717) is 39.7 Å². The van der Waals surface area contributed by atoms with Gasteiger partial charge in [-0.05, 0) is 56.4 Å². The summed E-state index contributed by atoms with van der Waals surface area (Å²) in [6.07, 6.45) is 2.62. The number of carbonyl (C=O) groups is 1. The van der Waals surface area contributed by atoms with Gasteiger partial charge in [0.25, 0.3) is 11.5 Å². The van der Waals surface area contributed by atoms with Crippen LogP contribution in [0.2, 0.25) is 5.02 Å². The van der Waals surface area contributed by atoms with Crippen LogP contribution in [-0.2, 0) is 0 Å². The van der Waals surface area contributed by atoms with E-state index in [1.165, 1.54) is 0 Å². The van der Waals surface area contributed by atoms with Crippen LogP contribution < -0.4 is 10.9 Å². The van der Waals surface area contributed by atoms with E-state index in [9.17, 15) is 9.59 Å². The fraction of sp³-hybridized carbons (Fsp3) is 0.292. The molecule has 6 nitrogen and oxygen atoms in total. The van der Waals surface area contributed by atoms with Crippen LogP contribution in [0.25, 0.3) is 21.8 Å². The molecule has 7 heteroatoms. The molecule has 1 aliphatic rings. The number of amides is 1. The molecule has 1 aliphatic carbocycles. The van der Waals surface area contributed by atoms with Gasteiger partial charge in [0.15, 0.2) is 0 Å². The number of nitrogens with zero attached hydrogens (tertiary/aromatic N) is 2. The number of hydrogen-bond acceptors (Lipinski definition) is 4. The number of rotatable bonds is 4. The topological polar surface area (TPSA) is 77.1 Å². The molecule has 4 aromatic rings. The van der Waals surface area contributed by atoms with Crippen LogP contribution in [-0.4, -0.2) is 22.2 Å². The number of fused-ring (bicyclic) bond motifs is 3. The van der Waals surface area contributed by atoms with Gasteiger partial charge in [-0.3, -0.25) is 9.59 Å². The van der Waals surface area contributed by atoms with Gasteiger partial charge in [-0.2, -0.15) is 0 Å². The first-order valence-corrected chi connectivity index (χ1v) is 10.8. The Balaban J connectivity index is 1.44. The van der Waals surface area contributed by atoms with Crippen molar-refractivity contribution in [2.24, 2.45) is 5.92 Å². The summed E-state index contributed by atoms with van der Waals surface area (Å²) in [4.78, 5) is 25.8. The molecule has 1 fully saturated rings. The summed E-state index contributed by atoms with van der Waals surface area (Å²) in [5.74, 6) is 0.735. The Bertz CT molecular complexity index is 1340.